The highest BCUT2D eigenvalue weighted by Crippen LogP contribution is 2.17. The third kappa shape index (κ3) is 4.25. The van der Waals surface area contributed by atoms with Gasteiger partial charge in [0.1, 0.15) is 18.8 Å². The number of carbonyl (C=O) groups is 2. The first-order valence-corrected chi connectivity index (χ1v) is 5.11. The Morgan fingerprint density at radius 2 is 2.07 bits per heavy atom. The molecule has 0 radical (unpaired) electrons. The number of hydrogen-bond acceptors (Lipinski definition) is 4. The lowest BCUT2D eigenvalue weighted by Crippen LogP contribution is -2.25. The molecule has 0 aromatic heterocycles. The van der Waals surface area contributed by atoms with Gasteiger partial charge in [0.2, 0.25) is 0 Å². The first kappa shape index (κ1) is 11.9. The van der Waals surface area contributed by atoms with Crippen LogP contribution in [0.3, 0.4) is 0 Å². The van der Waals surface area contributed by atoms with Gasteiger partial charge in [0.05, 0.1) is 0 Å². The van der Waals surface area contributed by atoms with Crippen LogP contribution < -0.4 is 0 Å². The minimum atomic E-state index is -0.466. The van der Waals surface area contributed by atoms with E-state index >= 15 is 0 Å². The summed E-state index contributed by atoms with van der Waals surface area (Å²) in [5.41, 5.74) is 0. The normalized spacial score (nSPS) is 17.1. The molecule has 1 saturated heterocycles. The number of esters is 1. The molecule has 4 nitrogen and oxygen atoms in total. The number of carbonyl (C=O) groups excluding carboxylic acids is 2. The second-order valence-corrected chi connectivity index (χ2v) is 3.50. The van der Waals surface area contributed by atoms with Crippen molar-refractivity contribution in [3.63, 3.8) is 0 Å². The van der Waals surface area contributed by atoms with Gasteiger partial charge in [-0.15, -0.1) is 0 Å². The fourth-order valence-corrected chi connectivity index (χ4v) is 1.51. The summed E-state index contributed by atoms with van der Waals surface area (Å²) in [7, 11) is 0. The monoisotopic (exact) mass is 212 g/mol. The summed E-state index contributed by atoms with van der Waals surface area (Å²) in [4.78, 5) is 22.7. The number of Topliss-reactive ketones (excluding diaryl/α,β-unsaturated/α-hetero) is 1. The minimum Gasteiger partial charge on any atom is -0.461 e. The van der Waals surface area contributed by atoms with Crippen LogP contribution >= 0.6 is 0 Å². The Morgan fingerprint density at radius 1 is 1.40 bits per heavy atom. The second kappa shape index (κ2) is 6.35. The molecule has 0 amide bonds. The molecule has 0 bridgehead atoms. The molecular weight excluding hydrogens is 196 g/mol. The zero-order valence-corrected chi connectivity index (χ0v) is 8.74. The average molecular weight is 212 g/mol. The quantitative estimate of drug-likeness (QED) is 0.389. The summed E-state index contributed by atoms with van der Waals surface area (Å²) >= 11 is 0. The smallest absolute Gasteiger partial charge is 0.313 e. The van der Waals surface area contributed by atoms with Crippen LogP contribution in [0.2, 0.25) is 0 Å². The van der Waals surface area contributed by atoms with Gasteiger partial charge in [-0.05, 0) is 12.8 Å². The van der Waals surface area contributed by atoms with Gasteiger partial charge in [-0.25, -0.2) is 0 Å². The zero-order valence-electron chi connectivity index (χ0n) is 8.74. The molecule has 0 spiro atoms. The van der Waals surface area contributed by atoms with Gasteiger partial charge in [-0.1, -0.05) is 12.7 Å². The highest BCUT2D eigenvalue weighted by Gasteiger charge is 2.23. The molecule has 0 unspecified atom stereocenters. The molecule has 1 rings (SSSR count). The van der Waals surface area contributed by atoms with E-state index in [0.29, 0.717) is 26.1 Å². The Kier molecular flexibility index (Phi) is 5.04. The summed E-state index contributed by atoms with van der Waals surface area (Å²) in [6.45, 7) is 4.81. The molecule has 1 heterocycles. The van der Waals surface area contributed by atoms with Crippen LogP contribution in [-0.2, 0) is 19.1 Å². The van der Waals surface area contributed by atoms with Crippen LogP contribution in [-0.4, -0.2) is 31.6 Å². The number of ketones is 1. The molecular formula is C11H16O4. The summed E-state index contributed by atoms with van der Waals surface area (Å²) in [6.07, 6.45) is 2.79. The van der Waals surface area contributed by atoms with E-state index in [4.69, 9.17) is 9.47 Å². The Bertz CT molecular complexity index is 241. The lowest BCUT2D eigenvalue weighted by atomic mass is 9.94. The number of ether oxygens (including phenoxy) is 2. The molecule has 84 valence electrons. The second-order valence-electron chi connectivity index (χ2n) is 3.50. The van der Waals surface area contributed by atoms with E-state index in [2.05, 4.69) is 6.58 Å². The third-order valence-corrected chi connectivity index (χ3v) is 2.36. The SMILES string of the molecule is C=CCOC(=O)CC(=O)C1CCOCC1. The van der Waals surface area contributed by atoms with Crippen molar-refractivity contribution < 1.29 is 19.1 Å². The van der Waals surface area contributed by atoms with E-state index in [1.165, 1.54) is 6.08 Å². The van der Waals surface area contributed by atoms with Crippen LogP contribution in [0, 0.1) is 5.92 Å². The van der Waals surface area contributed by atoms with Crippen molar-refractivity contribution in [2.75, 3.05) is 19.8 Å². The number of hydrogen-bond donors (Lipinski definition) is 0. The molecule has 1 aliphatic rings. The van der Waals surface area contributed by atoms with Gasteiger partial charge in [0.15, 0.2) is 0 Å². The lowest BCUT2D eigenvalue weighted by molar-refractivity contribution is -0.146. The topological polar surface area (TPSA) is 52.6 Å². The van der Waals surface area contributed by atoms with E-state index in [1.807, 2.05) is 0 Å². The molecule has 4 heteroatoms. The van der Waals surface area contributed by atoms with E-state index in [-0.39, 0.29) is 24.7 Å². The van der Waals surface area contributed by atoms with Gasteiger partial charge < -0.3 is 9.47 Å². The van der Waals surface area contributed by atoms with Gasteiger partial charge in [-0.3, -0.25) is 9.59 Å². The van der Waals surface area contributed by atoms with Gasteiger partial charge >= 0.3 is 5.97 Å². The summed E-state index contributed by atoms with van der Waals surface area (Å²) in [6, 6.07) is 0. The van der Waals surface area contributed by atoms with E-state index in [1.54, 1.807) is 0 Å². The Balaban J connectivity index is 2.27. The van der Waals surface area contributed by atoms with Crippen LogP contribution in [0.25, 0.3) is 0 Å². The molecule has 15 heavy (non-hydrogen) atoms. The van der Waals surface area contributed by atoms with Crippen molar-refractivity contribution >= 4 is 11.8 Å². The molecule has 0 saturated carbocycles. The Morgan fingerprint density at radius 3 is 2.67 bits per heavy atom. The predicted octanol–water partition coefficient (Wildman–Crippen LogP) is 1.10. The van der Waals surface area contributed by atoms with Crippen molar-refractivity contribution in [1.82, 2.24) is 0 Å². The summed E-state index contributed by atoms with van der Waals surface area (Å²) in [5, 5.41) is 0. The minimum absolute atomic E-state index is 0.0324. The molecule has 0 aromatic carbocycles. The molecule has 0 atom stereocenters. The third-order valence-electron chi connectivity index (χ3n) is 2.36. The highest BCUT2D eigenvalue weighted by molar-refractivity contribution is 5.96. The first-order valence-electron chi connectivity index (χ1n) is 5.11. The van der Waals surface area contributed by atoms with Crippen molar-refractivity contribution in [1.29, 1.82) is 0 Å². The largest absolute Gasteiger partial charge is 0.461 e. The van der Waals surface area contributed by atoms with Crippen LogP contribution in [0.5, 0.6) is 0 Å². The average Bonchev–Trinajstić information content (AvgIpc) is 2.27. The maximum absolute atomic E-state index is 11.6. The maximum atomic E-state index is 11.6. The number of rotatable bonds is 5. The molecule has 0 aromatic rings. The Labute approximate surface area is 89.2 Å². The van der Waals surface area contributed by atoms with Crippen molar-refractivity contribution in [2.24, 2.45) is 5.92 Å². The standard InChI is InChI=1S/C11H16O4/c1-2-5-15-11(13)8-10(12)9-3-6-14-7-4-9/h2,9H,1,3-8H2. The fraction of sp³-hybridized carbons (Fsp3) is 0.636. The highest BCUT2D eigenvalue weighted by atomic mass is 16.5. The van der Waals surface area contributed by atoms with Crippen LogP contribution in [0.4, 0.5) is 0 Å². The van der Waals surface area contributed by atoms with Gasteiger partial charge in [0.25, 0.3) is 0 Å². The van der Waals surface area contributed by atoms with Gasteiger partial charge in [-0.2, -0.15) is 0 Å². The first-order chi connectivity index (χ1) is 7.24. The Hall–Kier alpha value is -1.16. The van der Waals surface area contributed by atoms with Crippen LogP contribution in [0.1, 0.15) is 19.3 Å². The maximum Gasteiger partial charge on any atom is 0.313 e. The zero-order chi connectivity index (χ0) is 11.1. The van der Waals surface area contributed by atoms with E-state index in [0.717, 1.165) is 0 Å². The van der Waals surface area contributed by atoms with Crippen molar-refractivity contribution in [3.05, 3.63) is 12.7 Å². The molecule has 0 N–H and O–H groups in total. The van der Waals surface area contributed by atoms with Crippen LogP contribution in [0.15, 0.2) is 12.7 Å². The molecule has 1 fully saturated rings. The van der Waals surface area contributed by atoms with Gasteiger partial charge in [0, 0.05) is 19.1 Å². The summed E-state index contributed by atoms with van der Waals surface area (Å²) in [5.74, 6) is -0.534. The molecule has 1 aliphatic heterocycles. The fourth-order valence-electron chi connectivity index (χ4n) is 1.51. The predicted molar refractivity (Wildman–Crippen MR) is 54.3 cm³/mol. The lowest BCUT2D eigenvalue weighted by Gasteiger charge is -2.20. The van der Waals surface area contributed by atoms with Crippen molar-refractivity contribution in [2.45, 2.75) is 19.3 Å². The van der Waals surface area contributed by atoms with E-state index in [9.17, 15) is 9.59 Å². The van der Waals surface area contributed by atoms with E-state index < -0.39 is 5.97 Å². The van der Waals surface area contributed by atoms with Crippen molar-refractivity contribution in [3.8, 4) is 0 Å². The summed E-state index contributed by atoms with van der Waals surface area (Å²) < 4.78 is 9.88. The molecule has 0 aliphatic carbocycles.